The lowest BCUT2D eigenvalue weighted by Crippen LogP contribution is -1.88. The van der Waals surface area contributed by atoms with Crippen molar-refractivity contribution in [3.05, 3.63) is 35.4 Å². The Kier molecular flexibility index (Phi) is 3.95. The second-order valence-corrected chi connectivity index (χ2v) is 2.87. The highest BCUT2D eigenvalue weighted by Gasteiger charge is 2.18. The quantitative estimate of drug-likeness (QED) is 0.497. The minimum absolute atomic E-state index is 0. The highest BCUT2D eigenvalue weighted by Crippen LogP contribution is 2.29. The number of benzene rings is 1. The van der Waals surface area contributed by atoms with E-state index in [0.717, 1.165) is 18.4 Å². The Labute approximate surface area is 78.0 Å². The van der Waals surface area contributed by atoms with Crippen LogP contribution in [0.1, 0.15) is 23.7 Å². The molecule has 4 heteroatoms. The van der Waals surface area contributed by atoms with Crippen LogP contribution in [0.15, 0.2) is 24.3 Å². The maximum absolute atomic E-state index is 9.38. The Morgan fingerprint density at radius 3 is 2.46 bits per heavy atom. The fourth-order valence-electron chi connectivity index (χ4n) is 1.53. The van der Waals surface area contributed by atoms with E-state index in [4.69, 9.17) is 10.0 Å². The van der Waals surface area contributed by atoms with Gasteiger partial charge in [-0.25, -0.2) is 0 Å². The smallest absolute Gasteiger partial charge is 0.429 e. The van der Waals surface area contributed by atoms with Gasteiger partial charge in [-0.2, -0.15) is 0 Å². The molecule has 0 bridgehead atoms. The Hall–Kier alpha value is -0.835. The van der Waals surface area contributed by atoms with Gasteiger partial charge in [-0.15, -0.1) is 0 Å². The van der Waals surface area contributed by atoms with E-state index in [0.29, 0.717) is 0 Å². The first-order valence-corrected chi connectivity index (χ1v) is 4.15. The molecule has 1 radical (unpaired) electrons. The lowest BCUT2D eigenvalue weighted by atomic mass is 10.1. The van der Waals surface area contributed by atoms with Crippen LogP contribution in [-0.4, -0.2) is 22.8 Å². The topological polar surface area (TPSA) is 60.7 Å². The third-order valence-corrected chi connectivity index (χ3v) is 2.10. The van der Waals surface area contributed by atoms with Gasteiger partial charge in [0.05, 0.1) is 6.10 Å². The SMILES string of the molecule is OC1CCc2ccccc21.O[B]O. The number of rotatable bonds is 0. The molecule has 1 aromatic rings. The van der Waals surface area contributed by atoms with E-state index < -0.39 is 0 Å². The first kappa shape index (κ1) is 10.2. The summed E-state index contributed by atoms with van der Waals surface area (Å²) in [6, 6.07) is 8.10. The van der Waals surface area contributed by atoms with Crippen molar-refractivity contribution >= 4 is 7.69 Å². The average Bonchev–Trinajstić information content (AvgIpc) is 2.50. The van der Waals surface area contributed by atoms with E-state index in [1.54, 1.807) is 0 Å². The van der Waals surface area contributed by atoms with Crippen molar-refractivity contribution in [2.75, 3.05) is 0 Å². The first-order valence-electron chi connectivity index (χ1n) is 4.15. The summed E-state index contributed by atoms with van der Waals surface area (Å²) in [6.45, 7) is 0. The van der Waals surface area contributed by atoms with Crippen LogP contribution < -0.4 is 0 Å². The van der Waals surface area contributed by atoms with E-state index in [2.05, 4.69) is 6.07 Å². The van der Waals surface area contributed by atoms with Crippen LogP contribution in [0.4, 0.5) is 0 Å². The molecule has 0 aromatic heterocycles. The zero-order chi connectivity index (χ0) is 9.68. The number of aliphatic hydroxyl groups excluding tert-OH is 1. The summed E-state index contributed by atoms with van der Waals surface area (Å²) in [5, 5.41) is 23.4. The van der Waals surface area contributed by atoms with Gasteiger partial charge >= 0.3 is 7.69 Å². The largest absolute Gasteiger partial charge is 0.482 e. The molecule has 2 rings (SSSR count). The molecule has 3 N–H and O–H groups in total. The zero-order valence-corrected chi connectivity index (χ0v) is 7.22. The van der Waals surface area contributed by atoms with Gasteiger partial charge in [0, 0.05) is 0 Å². The molecule has 13 heavy (non-hydrogen) atoms. The monoisotopic (exact) mass is 179 g/mol. The fraction of sp³-hybridized carbons (Fsp3) is 0.333. The predicted molar refractivity (Wildman–Crippen MR) is 49.9 cm³/mol. The van der Waals surface area contributed by atoms with E-state index in [9.17, 15) is 5.11 Å². The lowest BCUT2D eigenvalue weighted by Gasteiger charge is -2.00. The summed E-state index contributed by atoms with van der Waals surface area (Å²) in [6.07, 6.45) is 1.74. The molecule has 1 aliphatic rings. The highest BCUT2D eigenvalue weighted by atomic mass is 16.4. The number of hydrogen-bond acceptors (Lipinski definition) is 3. The standard InChI is InChI=1S/C9H10O.BH2O2/c10-9-6-5-7-3-1-2-4-8(7)9;2-1-3/h1-4,9-10H,5-6H2;2-3H. The van der Waals surface area contributed by atoms with Gasteiger partial charge < -0.3 is 15.2 Å². The van der Waals surface area contributed by atoms with Crippen molar-refractivity contribution in [1.29, 1.82) is 0 Å². The minimum Gasteiger partial charge on any atom is -0.429 e. The van der Waals surface area contributed by atoms with E-state index in [-0.39, 0.29) is 13.8 Å². The van der Waals surface area contributed by atoms with Gasteiger partial charge in [0.15, 0.2) is 0 Å². The molecule has 0 heterocycles. The van der Waals surface area contributed by atoms with Crippen molar-refractivity contribution in [2.24, 2.45) is 0 Å². The molecular weight excluding hydrogens is 167 g/mol. The summed E-state index contributed by atoms with van der Waals surface area (Å²) in [7, 11) is 0. The van der Waals surface area contributed by atoms with Crippen LogP contribution in [-0.2, 0) is 6.42 Å². The van der Waals surface area contributed by atoms with Gasteiger partial charge in [0.1, 0.15) is 0 Å². The Bertz CT molecular complexity index is 265. The van der Waals surface area contributed by atoms with Gasteiger partial charge in [0.25, 0.3) is 0 Å². The lowest BCUT2D eigenvalue weighted by molar-refractivity contribution is 0.180. The summed E-state index contributed by atoms with van der Waals surface area (Å²) in [5.74, 6) is 0. The first-order chi connectivity index (χ1) is 6.29. The Balaban J connectivity index is 0.000000251. The third-order valence-electron chi connectivity index (χ3n) is 2.10. The van der Waals surface area contributed by atoms with Crippen LogP contribution >= 0.6 is 0 Å². The number of hydrogen-bond donors (Lipinski definition) is 3. The second-order valence-electron chi connectivity index (χ2n) is 2.87. The van der Waals surface area contributed by atoms with Gasteiger partial charge in [0.2, 0.25) is 0 Å². The van der Waals surface area contributed by atoms with Crippen molar-refractivity contribution in [3.8, 4) is 0 Å². The van der Waals surface area contributed by atoms with Crippen molar-refractivity contribution in [2.45, 2.75) is 18.9 Å². The molecule has 1 unspecified atom stereocenters. The molecule has 0 fully saturated rings. The average molecular weight is 179 g/mol. The molecule has 1 aliphatic carbocycles. The predicted octanol–water partition coefficient (Wildman–Crippen LogP) is 0.171. The molecular formula is C9H12BO3. The van der Waals surface area contributed by atoms with Crippen LogP contribution in [0.3, 0.4) is 0 Å². The molecule has 1 aromatic carbocycles. The van der Waals surface area contributed by atoms with Crippen LogP contribution in [0.2, 0.25) is 0 Å². The third kappa shape index (κ3) is 2.55. The Morgan fingerprint density at radius 1 is 1.23 bits per heavy atom. The van der Waals surface area contributed by atoms with E-state index >= 15 is 0 Å². The molecule has 0 spiro atoms. The van der Waals surface area contributed by atoms with Gasteiger partial charge in [-0.1, -0.05) is 24.3 Å². The summed E-state index contributed by atoms with van der Waals surface area (Å²) in [4.78, 5) is 0. The molecule has 0 aliphatic heterocycles. The second kappa shape index (κ2) is 5.02. The van der Waals surface area contributed by atoms with Gasteiger partial charge in [-0.3, -0.25) is 0 Å². The summed E-state index contributed by atoms with van der Waals surface area (Å²) in [5.41, 5.74) is 2.44. The minimum atomic E-state index is -0.198. The summed E-state index contributed by atoms with van der Waals surface area (Å²) >= 11 is 0. The van der Waals surface area contributed by atoms with Crippen molar-refractivity contribution in [3.63, 3.8) is 0 Å². The van der Waals surface area contributed by atoms with Gasteiger partial charge in [-0.05, 0) is 24.0 Å². The molecule has 1 atom stereocenters. The molecule has 0 saturated carbocycles. The molecule has 3 nitrogen and oxygen atoms in total. The van der Waals surface area contributed by atoms with E-state index in [1.807, 2.05) is 18.2 Å². The normalized spacial score (nSPS) is 18.5. The summed E-state index contributed by atoms with van der Waals surface area (Å²) < 4.78 is 0. The molecule has 0 amide bonds. The van der Waals surface area contributed by atoms with Crippen molar-refractivity contribution < 1.29 is 15.2 Å². The van der Waals surface area contributed by atoms with E-state index in [1.165, 1.54) is 5.56 Å². The molecule has 0 saturated heterocycles. The fourth-order valence-corrected chi connectivity index (χ4v) is 1.53. The molecule has 69 valence electrons. The number of aliphatic hydroxyl groups is 1. The van der Waals surface area contributed by atoms with Crippen LogP contribution in [0.5, 0.6) is 0 Å². The number of fused-ring (bicyclic) bond motifs is 1. The van der Waals surface area contributed by atoms with Crippen LogP contribution in [0, 0.1) is 0 Å². The number of aryl methyl sites for hydroxylation is 1. The highest BCUT2D eigenvalue weighted by molar-refractivity contribution is 6.13. The maximum atomic E-state index is 9.38. The Morgan fingerprint density at radius 2 is 1.85 bits per heavy atom. The zero-order valence-electron chi connectivity index (χ0n) is 7.22. The van der Waals surface area contributed by atoms with Crippen molar-refractivity contribution in [1.82, 2.24) is 0 Å². The maximum Gasteiger partial charge on any atom is 0.482 e. The van der Waals surface area contributed by atoms with Crippen LogP contribution in [0.25, 0.3) is 0 Å².